The molecule has 7 nitrogen and oxygen atoms in total. The number of nitrogens with one attached hydrogen (secondary N) is 2. The van der Waals surface area contributed by atoms with E-state index in [-0.39, 0.29) is 6.04 Å². The van der Waals surface area contributed by atoms with E-state index in [4.69, 9.17) is 16.2 Å². The Bertz CT molecular complexity index is 1070. The van der Waals surface area contributed by atoms with E-state index in [1.165, 1.54) is 38.1 Å². The smallest absolute Gasteiger partial charge is 0.153 e. The number of nitrogens with two attached hydrogens (primary N) is 2. The van der Waals surface area contributed by atoms with Gasteiger partial charge in [-0.2, -0.15) is 5.10 Å². The molecule has 2 bridgehead atoms. The highest BCUT2D eigenvalue weighted by atomic mass is 15.3. The molecule has 0 spiro atoms. The Kier molecular flexibility index (Phi) is 5.96. The largest absolute Gasteiger partial charge is 0.398 e. The van der Waals surface area contributed by atoms with Crippen LogP contribution in [0, 0.1) is 23.2 Å². The highest BCUT2D eigenvalue weighted by Gasteiger charge is 2.54. The fraction of sp³-hybridized carbons (Fsp3) is 0.458. The van der Waals surface area contributed by atoms with Crippen molar-refractivity contribution in [2.75, 3.05) is 18.1 Å². The number of nitrogen functional groups attached to an aromatic ring is 1. The lowest BCUT2D eigenvalue weighted by atomic mass is 9.67. The zero-order chi connectivity index (χ0) is 22.1. The van der Waals surface area contributed by atoms with Gasteiger partial charge in [-0.3, -0.25) is 0 Å². The van der Waals surface area contributed by atoms with Gasteiger partial charge in [0.2, 0.25) is 0 Å². The maximum Gasteiger partial charge on any atom is 0.153 e. The normalized spacial score (nSPS) is 27.2. The molecule has 3 heterocycles. The molecule has 5 unspecified atom stereocenters. The minimum atomic E-state index is 0.187. The number of benzene rings is 1. The van der Waals surface area contributed by atoms with Crippen LogP contribution < -0.4 is 16.8 Å². The van der Waals surface area contributed by atoms with Crippen LogP contribution in [-0.4, -0.2) is 27.9 Å². The summed E-state index contributed by atoms with van der Waals surface area (Å²) in [4.78, 5) is 4.32. The maximum atomic E-state index is 7.94. The Morgan fingerprint density at radius 3 is 2.68 bits per heavy atom. The molecule has 3 aliphatic rings. The minimum absolute atomic E-state index is 0.187. The number of anilines is 2. The lowest BCUT2D eigenvalue weighted by Crippen LogP contribution is -2.37. The summed E-state index contributed by atoms with van der Waals surface area (Å²) in [5.41, 5.74) is 16.7. The predicted octanol–water partition coefficient (Wildman–Crippen LogP) is 4.21. The molecule has 5 atom stereocenters. The van der Waals surface area contributed by atoms with Gasteiger partial charge >= 0.3 is 0 Å². The molecule has 1 aliphatic heterocycles. The van der Waals surface area contributed by atoms with Crippen LogP contribution in [0.2, 0.25) is 0 Å². The topological polar surface area (TPSA) is 118 Å². The van der Waals surface area contributed by atoms with E-state index < -0.39 is 0 Å². The van der Waals surface area contributed by atoms with Gasteiger partial charge < -0.3 is 22.2 Å². The van der Waals surface area contributed by atoms with E-state index in [9.17, 15) is 0 Å². The van der Waals surface area contributed by atoms with Crippen molar-refractivity contribution in [2.45, 2.75) is 45.1 Å². The summed E-state index contributed by atoms with van der Waals surface area (Å²) in [5, 5.41) is 16.6. The molecule has 6 N–H and O–H groups in total. The molecule has 1 aromatic carbocycles. The number of aromatic nitrogens is 3. The first-order valence-electron chi connectivity index (χ1n) is 11.3. The molecule has 6 rings (SSSR count). The molecule has 3 aromatic rings. The van der Waals surface area contributed by atoms with Crippen molar-refractivity contribution in [3.63, 3.8) is 0 Å². The monoisotopic (exact) mass is 419 g/mol. The van der Waals surface area contributed by atoms with Crippen molar-refractivity contribution in [2.24, 2.45) is 23.5 Å². The highest BCUT2D eigenvalue weighted by Crippen LogP contribution is 2.64. The van der Waals surface area contributed by atoms with Crippen LogP contribution in [0.15, 0.2) is 36.7 Å². The Morgan fingerprint density at radius 2 is 1.90 bits per heavy atom. The third kappa shape index (κ3) is 3.28. The fourth-order valence-corrected chi connectivity index (χ4v) is 6.07. The quantitative estimate of drug-likeness (QED) is 0.367. The lowest BCUT2D eigenvalue weighted by Gasteiger charge is -2.43. The van der Waals surface area contributed by atoms with Crippen LogP contribution in [0.4, 0.5) is 11.4 Å². The van der Waals surface area contributed by atoms with Gasteiger partial charge in [-0.1, -0.05) is 13.8 Å². The molecule has 2 aliphatic carbocycles. The van der Waals surface area contributed by atoms with Gasteiger partial charge in [-0.25, -0.2) is 9.50 Å². The molecular formula is C24H33N7. The number of imidazole rings is 1. The number of hydrogen-bond acceptors (Lipinski definition) is 6. The zero-order valence-corrected chi connectivity index (χ0v) is 18.5. The summed E-state index contributed by atoms with van der Waals surface area (Å²) < 4.78 is 1.86. The van der Waals surface area contributed by atoms with Gasteiger partial charge in [0.15, 0.2) is 5.65 Å². The number of rotatable bonds is 2. The average molecular weight is 420 g/mol. The van der Waals surface area contributed by atoms with Crippen LogP contribution in [-0.2, 0) is 0 Å². The zero-order valence-electron chi connectivity index (χ0n) is 18.5. The van der Waals surface area contributed by atoms with Crippen molar-refractivity contribution in [1.29, 1.82) is 5.41 Å². The van der Waals surface area contributed by atoms with Crippen molar-refractivity contribution >= 4 is 23.2 Å². The summed E-state index contributed by atoms with van der Waals surface area (Å²) in [7, 11) is 1.50. The number of nitrogens with zero attached hydrogens (tertiary/aromatic N) is 3. The molecule has 7 heteroatoms. The second kappa shape index (κ2) is 8.67. The molecule has 2 fully saturated rings. The molecule has 0 amide bonds. The fourth-order valence-electron chi connectivity index (χ4n) is 6.07. The van der Waals surface area contributed by atoms with Crippen LogP contribution in [0.1, 0.15) is 61.9 Å². The predicted molar refractivity (Wildman–Crippen MR) is 127 cm³/mol. The Morgan fingerprint density at radius 1 is 1.13 bits per heavy atom. The second-order valence-corrected chi connectivity index (χ2v) is 8.22. The molecule has 164 valence electrons. The van der Waals surface area contributed by atoms with Crippen molar-refractivity contribution < 1.29 is 0 Å². The number of fused-ring (bicyclic) bond motifs is 8. The first-order valence-corrected chi connectivity index (χ1v) is 11.3. The van der Waals surface area contributed by atoms with Gasteiger partial charge in [0, 0.05) is 35.5 Å². The van der Waals surface area contributed by atoms with Crippen molar-refractivity contribution in [3.8, 4) is 0 Å². The van der Waals surface area contributed by atoms with Gasteiger partial charge in [0.25, 0.3) is 0 Å². The minimum Gasteiger partial charge on any atom is -0.398 e. The Labute approximate surface area is 183 Å². The molecule has 2 aromatic heterocycles. The first kappa shape index (κ1) is 21.3. The Balaban J connectivity index is 0.000000549. The van der Waals surface area contributed by atoms with Crippen molar-refractivity contribution in [3.05, 3.63) is 53.5 Å². The second-order valence-electron chi connectivity index (χ2n) is 8.22. The SMILES string of the molecule is CC.CN.N=Cc1c(N)ccc2c1C1C3CCC(C3)C1C(c1ccc3nccn3n1)N2. The molecule has 31 heavy (non-hydrogen) atoms. The van der Waals surface area contributed by atoms with E-state index in [0.29, 0.717) is 29.4 Å². The lowest BCUT2D eigenvalue weighted by molar-refractivity contribution is 0.244. The van der Waals surface area contributed by atoms with Crippen LogP contribution >= 0.6 is 0 Å². The van der Waals surface area contributed by atoms with Crippen LogP contribution in [0.3, 0.4) is 0 Å². The standard InChI is InChI=1S/C21H22N6.C2H6.CH5N/c22-10-13-14(23)3-4-15-20(13)18-11-1-2-12(9-11)19(18)21(25-15)16-5-6-17-24-7-8-27(17)26-16;2*1-2/h3-8,10-12,18-19,21-22,25H,1-2,9,23H2;1-2H3;2H2,1H3. The highest BCUT2D eigenvalue weighted by molar-refractivity contribution is 5.91. The molecular weight excluding hydrogens is 386 g/mol. The van der Waals surface area contributed by atoms with Crippen LogP contribution in [0.25, 0.3) is 5.65 Å². The summed E-state index contributed by atoms with van der Waals surface area (Å²) in [6.07, 6.45) is 9.01. The summed E-state index contributed by atoms with van der Waals surface area (Å²) in [6.45, 7) is 4.00. The maximum absolute atomic E-state index is 7.94. The van der Waals surface area contributed by atoms with Crippen molar-refractivity contribution in [1.82, 2.24) is 14.6 Å². The first-order chi connectivity index (χ1) is 15.2. The summed E-state index contributed by atoms with van der Waals surface area (Å²) in [5.74, 6) is 2.38. The van der Waals surface area contributed by atoms with E-state index in [1.54, 1.807) is 6.20 Å². The molecule has 2 saturated carbocycles. The van der Waals surface area contributed by atoms with Gasteiger partial charge in [-0.15, -0.1) is 0 Å². The molecule has 0 radical (unpaired) electrons. The van der Waals surface area contributed by atoms with Gasteiger partial charge in [0.05, 0.1) is 11.7 Å². The Hall–Kier alpha value is -2.93. The van der Waals surface area contributed by atoms with Gasteiger partial charge in [-0.05, 0) is 79.8 Å². The van der Waals surface area contributed by atoms with E-state index in [2.05, 4.69) is 28.2 Å². The van der Waals surface area contributed by atoms with Gasteiger partial charge in [0.1, 0.15) is 0 Å². The van der Waals surface area contributed by atoms with E-state index >= 15 is 0 Å². The number of hydrogen-bond donors (Lipinski definition) is 4. The molecule has 0 saturated heterocycles. The summed E-state index contributed by atoms with van der Waals surface area (Å²) >= 11 is 0. The van der Waals surface area contributed by atoms with E-state index in [1.807, 2.05) is 36.7 Å². The third-order valence-electron chi connectivity index (χ3n) is 7.07. The average Bonchev–Trinajstić information content (AvgIpc) is 3.57. The third-order valence-corrected chi connectivity index (χ3v) is 7.07. The summed E-state index contributed by atoms with van der Waals surface area (Å²) in [6, 6.07) is 8.36. The van der Waals surface area contributed by atoms with Crippen LogP contribution in [0.5, 0.6) is 0 Å². The van der Waals surface area contributed by atoms with E-state index in [0.717, 1.165) is 22.6 Å².